The summed E-state index contributed by atoms with van der Waals surface area (Å²) >= 11 is 8.25. The number of methoxy groups -OCH3 is 1. The number of aromatic nitrogens is 2. The van der Waals surface area contributed by atoms with Crippen molar-refractivity contribution in [3.05, 3.63) is 41.3 Å². The number of carboxylic acid groups (broad SMARTS) is 1. The van der Waals surface area contributed by atoms with Crippen LogP contribution >= 0.6 is 22.9 Å². The van der Waals surface area contributed by atoms with E-state index in [1.54, 1.807) is 18.2 Å². The number of nitrogens with one attached hydrogen (secondary N) is 3. The summed E-state index contributed by atoms with van der Waals surface area (Å²) in [6.07, 6.45) is 2.97. The van der Waals surface area contributed by atoms with E-state index in [9.17, 15) is 24.3 Å². The maximum absolute atomic E-state index is 14.7. The van der Waals surface area contributed by atoms with Crippen LogP contribution in [0.15, 0.2) is 36.2 Å². The van der Waals surface area contributed by atoms with Gasteiger partial charge in [-0.25, -0.2) is 19.6 Å². The van der Waals surface area contributed by atoms with Crippen molar-refractivity contribution in [2.45, 2.75) is 121 Å². The maximum atomic E-state index is 14.7. The molecule has 15 nitrogen and oxygen atoms in total. The number of thiazole rings is 1. The Bertz CT molecular complexity index is 2090. The van der Waals surface area contributed by atoms with Gasteiger partial charge in [0.1, 0.15) is 52.0 Å². The summed E-state index contributed by atoms with van der Waals surface area (Å²) in [5.41, 5.74) is -0.893. The topological polar surface area (TPSA) is 191 Å². The molecular formula is C41H51ClN6O9S. The van der Waals surface area contributed by atoms with Crippen molar-refractivity contribution in [1.29, 1.82) is 0 Å². The second kappa shape index (κ2) is 16.2. The molecule has 3 aliphatic heterocycles. The van der Waals surface area contributed by atoms with Gasteiger partial charge in [0.15, 0.2) is 5.13 Å². The van der Waals surface area contributed by atoms with Gasteiger partial charge < -0.3 is 44.9 Å². The van der Waals surface area contributed by atoms with E-state index < -0.39 is 58.9 Å². The average molecular weight is 839 g/mol. The van der Waals surface area contributed by atoms with Crippen LogP contribution in [0.25, 0.3) is 22.3 Å². The van der Waals surface area contributed by atoms with Gasteiger partial charge in [0.05, 0.1) is 37.1 Å². The van der Waals surface area contributed by atoms with E-state index in [2.05, 4.69) is 22.5 Å². The molecule has 4 aliphatic rings. The molecule has 4 unspecified atom stereocenters. The summed E-state index contributed by atoms with van der Waals surface area (Å²) in [6, 6.07) is 3.12. The van der Waals surface area contributed by atoms with Crippen LogP contribution in [0.2, 0.25) is 5.02 Å². The number of carboxylic acids is 1. The summed E-state index contributed by atoms with van der Waals surface area (Å²) in [6.45, 7) is 13.1. The molecule has 7 rings (SSSR count). The Balaban J connectivity index is 1.20. The molecule has 1 aromatic carbocycles. The Hall–Kier alpha value is -4.67. The number of aliphatic carboxylic acids is 1. The number of hydrogen-bond acceptors (Lipinski definition) is 12. The van der Waals surface area contributed by atoms with E-state index in [0.29, 0.717) is 51.8 Å². The SMILES string of the molecule is C=CC1C[C@]1(NC(=O)C1C[C@@H](Oc2cc(-c3csc(NC(C)C)n3)nc3c(Cl)c(OC)ccc23)CN1C(=O)C(NC(=O)OC1C[C@H]2CC[C@@H](C1)O2)C(C)(C)C)C(=O)O. The number of hydrogen-bond donors (Lipinski definition) is 4. The molecule has 4 fully saturated rings. The van der Waals surface area contributed by atoms with Crippen LogP contribution in [-0.2, 0) is 23.9 Å². The zero-order valence-corrected chi connectivity index (χ0v) is 35.1. The van der Waals surface area contributed by atoms with Crippen molar-refractivity contribution in [3.63, 3.8) is 0 Å². The van der Waals surface area contributed by atoms with Gasteiger partial charge in [-0.2, -0.15) is 0 Å². The number of benzene rings is 1. The lowest BCUT2D eigenvalue weighted by molar-refractivity contribution is -0.146. The van der Waals surface area contributed by atoms with Gasteiger partial charge in [-0.05, 0) is 50.7 Å². The minimum absolute atomic E-state index is 0.0143. The molecular weight excluding hydrogens is 788 g/mol. The van der Waals surface area contributed by atoms with Crippen molar-refractivity contribution < 1.29 is 43.2 Å². The normalized spacial score (nSPS) is 26.9. The molecule has 3 aromatic rings. The molecule has 2 aromatic heterocycles. The van der Waals surface area contributed by atoms with Crippen molar-refractivity contribution in [1.82, 2.24) is 25.5 Å². The highest BCUT2D eigenvalue weighted by atomic mass is 35.5. The van der Waals surface area contributed by atoms with Crippen molar-refractivity contribution in [2.24, 2.45) is 11.3 Å². The smallest absolute Gasteiger partial charge is 0.408 e. The molecule has 17 heteroatoms. The van der Waals surface area contributed by atoms with E-state index in [1.165, 1.54) is 29.4 Å². The number of anilines is 1. The van der Waals surface area contributed by atoms with Crippen molar-refractivity contribution in [3.8, 4) is 22.9 Å². The van der Waals surface area contributed by atoms with Gasteiger partial charge in [0.2, 0.25) is 11.8 Å². The Morgan fingerprint density at radius 3 is 2.43 bits per heavy atom. The molecule has 312 valence electrons. The zero-order valence-electron chi connectivity index (χ0n) is 33.5. The lowest BCUT2D eigenvalue weighted by atomic mass is 9.85. The molecule has 3 amide bonds. The number of fused-ring (bicyclic) bond motifs is 3. The molecule has 1 aliphatic carbocycles. The number of halogens is 1. The molecule has 5 heterocycles. The second-order valence-electron chi connectivity index (χ2n) is 17.0. The summed E-state index contributed by atoms with van der Waals surface area (Å²) in [5, 5.41) is 22.4. The number of ether oxygens (including phenoxy) is 4. The lowest BCUT2D eigenvalue weighted by Gasteiger charge is -2.36. The summed E-state index contributed by atoms with van der Waals surface area (Å²) in [5.74, 6) is -2.07. The third-order valence-electron chi connectivity index (χ3n) is 11.3. The van der Waals surface area contributed by atoms with Crippen LogP contribution in [0.5, 0.6) is 11.5 Å². The molecule has 0 spiro atoms. The summed E-state index contributed by atoms with van der Waals surface area (Å²) < 4.78 is 23.9. The van der Waals surface area contributed by atoms with E-state index in [1.807, 2.05) is 40.0 Å². The van der Waals surface area contributed by atoms with Crippen LogP contribution in [0.3, 0.4) is 0 Å². The van der Waals surface area contributed by atoms with Gasteiger partial charge in [-0.1, -0.05) is 38.4 Å². The Labute approximate surface area is 346 Å². The van der Waals surface area contributed by atoms with Crippen LogP contribution in [-0.4, -0.2) is 106 Å². The molecule has 4 N–H and O–H groups in total. The standard InChI is InChI=1S/C41H51ClN6O9S/c1-8-21-17-41(21,37(51)52)47-35(49)29-15-25(18-48(29)36(50)34(40(4,5)6)46-39(53)57-24-13-22-9-10-23(14-24)55-22)56-31-16-27(28-19-58-38(45-28)43-20(2)3)44-33-26(31)11-12-30(54-7)32(33)42/h8,11-12,16,19-25,29,34H,1,9-10,13-15,17-18H2,2-7H3,(H,43,45)(H,46,53)(H,47,49)(H,51,52)/t21?,22-,23+,24?,25-,29?,34?,41-/m1/s1. The van der Waals surface area contributed by atoms with Crippen molar-refractivity contribution in [2.75, 3.05) is 19.0 Å². The summed E-state index contributed by atoms with van der Waals surface area (Å²) in [4.78, 5) is 65.8. The van der Waals surface area contributed by atoms with Crippen LogP contribution in [0.4, 0.5) is 9.93 Å². The number of pyridine rings is 1. The van der Waals surface area contributed by atoms with Gasteiger partial charge in [0, 0.05) is 48.1 Å². The predicted octanol–water partition coefficient (Wildman–Crippen LogP) is 6.19. The van der Waals surface area contributed by atoms with E-state index in [4.69, 9.17) is 40.5 Å². The highest BCUT2D eigenvalue weighted by molar-refractivity contribution is 7.14. The lowest BCUT2D eigenvalue weighted by Crippen LogP contribution is -2.59. The third kappa shape index (κ3) is 8.41. The van der Waals surface area contributed by atoms with Gasteiger partial charge in [-0.15, -0.1) is 17.9 Å². The second-order valence-corrected chi connectivity index (χ2v) is 18.3. The molecule has 8 atom stereocenters. The van der Waals surface area contributed by atoms with E-state index >= 15 is 0 Å². The molecule has 2 bridgehead atoms. The van der Waals surface area contributed by atoms with Gasteiger partial charge in [0.25, 0.3) is 0 Å². The maximum Gasteiger partial charge on any atom is 0.408 e. The monoisotopic (exact) mass is 838 g/mol. The van der Waals surface area contributed by atoms with Crippen LogP contribution < -0.4 is 25.4 Å². The number of rotatable bonds is 13. The van der Waals surface area contributed by atoms with Gasteiger partial charge >= 0.3 is 12.1 Å². The average Bonchev–Trinajstić information content (AvgIpc) is 3.42. The quantitative estimate of drug-likeness (QED) is 0.143. The molecule has 58 heavy (non-hydrogen) atoms. The molecule has 0 radical (unpaired) electrons. The highest BCUT2D eigenvalue weighted by Gasteiger charge is 2.61. The van der Waals surface area contributed by atoms with Crippen LogP contribution in [0.1, 0.15) is 73.1 Å². The Morgan fingerprint density at radius 2 is 1.81 bits per heavy atom. The van der Waals surface area contributed by atoms with Crippen LogP contribution in [0, 0.1) is 11.3 Å². The number of nitrogens with zero attached hydrogens (tertiary/aromatic N) is 3. The first-order valence-corrected chi connectivity index (χ1v) is 20.9. The number of carbonyl (C=O) groups excluding carboxylic acids is 3. The number of carbonyl (C=O) groups is 4. The van der Waals surface area contributed by atoms with E-state index in [0.717, 1.165) is 12.8 Å². The minimum atomic E-state index is -1.54. The highest BCUT2D eigenvalue weighted by Crippen LogP contribution is 2.45. The fraction of sp³-hybridized carbons (Fsp3) is 0.561. The Morgan fingerprint density at radius 1 is 1.09 bits per heavy atom. The Kier molecular flexibility index (Phi) is 11.6. The van der Waals surface area contributed by atoms with Gasteiger partial charge in [-0.3, -0.25) is 9.59 Å². The first-order valence-electron chi connectivity index (χ1n) is 19.7. The third-order valence-corrected chi connectivity index (χ3v) is 12.4. The minimum Gasteiger partial charge on any atom is -0.495 e. The first-order chi connectivity index (χ1) is 27.5. The predicted molar refractivity (Wildman–Crippen MR) is 218 cm³/mol. The largest absolute Gasteiger partial charge is 0.495 e. The van der Waals surface area contributed by atoms with Crippen molar-refractivity contribution >= 4 is 62.8 Å². The fourth-order valence-electron chi connectivity index (χ4n) is 8.20. The summed E-state index contributed by atoms with van der Waals surface area (Å²) in [7, 11) is 1.51. The number of alkyl carbamates (subject to hydrolysis) is 1. The zero-order chi connectivity index (χ0) is 41.7. The van der Waals surface area contributed by atoms with E-state index in [-0.39, 0.29) is 48.8 Å². The number of likely N-dealkylation sites (tertiary alicyclic amines) is 1. The first kappa shape index (κ1) is 41.5. The number of amides is 3. The fourth-order valence-corrected chi connectivity index (χ4v) is 9.33. The molecule has 1 saturated carbocycles. The molecule has 3 saturated heterocycles.